The van der Waals surface area contributed by atoms with Crippen LogP contribution in [0.5, 0.6) is 5.75 Å². The number of hydrogen-bond acceptors (Lipinski definition) is 1. The Balaban J connectivity index is 1.36. The van der Waals surface area contributed by atoms with Crippen molar-refractivity contribution >= 4 is 0 Å². The topological polar surface area (TPSA) is 9.23 Å². The summed E-state index contributed by atoms with van der Waals surface area (Å²) in [6.45, 7) is 2.27. The van der Waals surface area contributed by atoms with Gasteiger partial charge in [-0.3, -0.25) is 0 Å². The van der Waals surface area contributed by atoms with Crippen molar-refractivity contribution in [3.05, 3.63) is 29.8 Å². The van der Waals surface area contributed by atoms with Crippen molar-refractivity contribution in [2.45, 2.75) is 109 Å². The Labute approximate surface area is 203 Å². The van der Waals surface area contributed by atoms with E-state index in [0.717, 1.165) is 30.6 Å². The van der Waals surface area contributed by atoms with Crippen molar-refractivity contribution in [1.82, 2.24) is 0 Å². The second-order valence-corrected chi connectivity index (χ2v) is 10.4. The molecule has 0 amide bonds. The number of rotatable bonds is 10. The molecule has 0 radical (unpaired) electrons. The molecule has 0 saturated heterocycles. The highest BCUT2D eigenvalue weighted by Crippen LogP contribution is 2.42. The Morgan fingerprint density at radius 2 is 1.44 bits per heavy atom. The smallest absolute Gasteiger partial charge is 0.428 e. The van der Waals surface area contributed by atoms with Crippen LogP contribution in [0.4, 0.5) is 17.6 Å². The third-order valence-electron chi connectivity index (χ3n) is 7.83. The van der Waals surface area contributed by atoms with E-state index in [-0.39, 0.29) is 5.75 Å². The van der Waals surface area contributed by atoms with E-state index >= 15 is 0 Å². The molecule has 2 aliphatic carbocycles. The van der Waals surface area contributed by atoms with Crippen molar-refractivity contribution in [1.29, 1.82) is 0 Å². The van der Waals surface area contributed by atoms with Crippen LogP contribution in [0.2, 0.25) is 0 Å². The molecular weight excluding hydrogens is 440 g/mol. The molecule has 1 aromatic carbocycles. The van der Waals surface area contributed by atoms with Gasteiger partial charge in [-0.1, -0.05) is 70.1 Å². The van der Waals surface area contributed by atoms with Crippen molar-refractivity contribution in [2.75, 3.05) is 0 Å². The number of ether oxygens (including phenoxy) is 1. The maximum absolute atomic E-state index is 13.0. The maximum atomic E-state index is 13.0. The normalized spacial score (nSPS) is 25.6. The van der Waals surface area contributed by atoms with E-state index in [2.05, 4.69) is 23.5 Å². The molecule has 0 aromatic heterocycles. The third kappa shape index (κ3) is 8.51. The van der Waals surface area contributed by atoms with Gasteiger partial charge in [-0.2, -0.15) is 17.6 Å². The highest BCUT2D eigenvalue weighted by molar-refractivity contribution is 5.38. The fraction of sp³-hybridized carbons (Fsp3) is 0.724. The van der Waals surface area contributed by atoms with Crippen LogP contribution in [-0.4, -0.2) is 12.5 Å². The van der Waals surface area contributed by atoms with Crippen LogP contribution in [0.25, 0.3) is 0 Å². The first kappa shape index (κ1) is 26.9. The van der Waals surface area contributed by atoms with Gasteiger partial charge < -0.3 is 4.74 Å². The van der Waals surface area contributed by atoms with E-state index in [0.29, 0.717) is 11.5 Å². The molecule has 2 fully saturated rings. The van der Waals surface area contributed by atoms with Gasteiger partial charge in [-0.15, -0.1) is 0 Å². The van der Waals surface area contributed by atoms with Crippen molar-refractivity contribution in [3.8, 4) is 17.6 Å². The molecule has 3 rings (SSSR count). The van der Waals surface area contributed by atoms with Crippen molar-refractivity contribution in [2.24, 2.45) is 23.7 Å². The average Bonchev–Trinajstić information content (AvgIpc) is 2.84. The molecule has 34 heavy (non-hydrogen) atoms. The minimum absolute atomic E-state index is 0.289. The molecule has 0 bridgehead atoms. The lowest BCUT2D eigenvalue weighted by Crippen LogP contribution is -2.33. The lowest BCUT2D eigenvalue weighted by Gasteiger charge is -2.37. The van der Waals surface area contributed by atoms with Gasteiger partial charge in [-0.25, -0.2) is 0 Å². The molecule has 0 N–H and O–H groups in total. The summed E-state index contributed by atoms with van der Waals surface area (Å²) in [5, 5.41) is 0. The summed E-state index contributed by atoms with van der Waals surface area (Å²) in [6, 6.07) is 5.60. The minimum Gasteiger partial charge on any atom is -0.428 e. The molecule has 190 valence electrons. The summed E-state index contributed by atoms with van der Waals surface area (Å²) in [6.07, 6.45) is 10.4. The van der Waals surface area contributed by atoms with Gasteiger partial charge in [0.2, 0.25) is 0 Å². The molecular formula is C29H40F4O. The third-order valence-corrected chi connectivity index (χ3v) is 7.83. The first-order chi connectivity index (χ1) is 16.4. The summed E-state index contributed by atoms with van der Waals surface area (Å²) >= 11 is 0. The first-order valence-corrected chi connectivity index (χ1v) is 13.3. The zero-order chi connectivity index (χ0) is 24.4. The zero-order valence-corrected chi connectivity index (χ0v) is 20.5. The number of hydrogen-bond donors (Lipinski definition) is 0. The summed E-state index contributed by atoms with van der Waals surface area (Å²) < 4.78 is 54.6. The minimum atomic E-state index is -4.49. The van der Waals surface area contributed by atoms with Crippen molar-refractivity contribution < 1.29 is 22.3 Å². The maximum Gasteiger partial charge on any atom is 0.461 e. The van der Waals surface area contributed by atoms with E-state index in [1.807, 2.05) is 0 Å². The first-order valence-electron chi connectivity index (χ1n) is 13.3. The van der Waals surface area contributed by atoms with Gasteiger partial charge in [0.25, 0.3) is 0 Å². The molecule has 2 aliphatic rings. The monoisotopic (exact) mass is 480 g/mol. The summed E-state index contributed by atoms with van der Waals surface area (Å²) in [4.78, 5) is 0. The van der Waals surface area contributed by atoms with Crippen LogP contribution in [0, 0.1) is 35.5 Å². The number of halogens is 4. The lowest BCUT2D eigenvalue weighted by atomic mass is 9.69. The second kappa shape index (κ2) is 13.4. The van der Waals surface area contributed by atoms with Crippen LogP contribution in [0.3, 0.4) is 0 Å². The molecule has 5 heteroatoms. The fourth-order valence-electron chi connectivity index (χ4n) is 5.71. The molecule has 0 aliphatic heterocycles. The van der Waals surface area contributed by atoms with Gasteiger partial charge in [0, 0.05) is 11.5 Å². The average molecular weight is 481 g/mol. The van der Waals surface area contributed by atoms with Gasteiger partial charge >= 0.3 is 12.5 Å². The van der Waals surface area contributed by atoms with E-state index in [1.54, 1.807) is 0 Å². The Morgan fingerprint density at radius 1 is 0.853 bits per heavy atom. The molecule has 1 nitrogen and oxygen atoms in total. The summed E-state index contributed by atoms with van der Waals surface area (Å²) in [5.74, 6) is 9.23. The van der Waals surface area contributed by atoms with Crippen molar-refractivity contribution in [3.63, 3.8) is 0 Å². The van der Waals surface area contributed by atoms with Crippen LogP contribution in [0.1, 0.15) is 102 Å². The molecule has 1 aromatic rings. The largest absolute Gasteiger partial charge is 0.461 e. The predicted molar refractivity (Wildman–Crippen MR) is 129 cm³/mol. The fourth-order valence-corrected chi connectivity index (χ4v) is 5.71. The zero-order valence-electron chi connectivity index (χ0n) is 20.5. The quantitative estimate of drug-likeness (QED) is 0.184. The van der Waals surface area contributed by atoms with Crippen LogP contribution in [-0.2, 0) is 0 Å². The molecule has 0 spiro atoms. The van der Waals surface area contributed by atoms with Gasteiger partial charge in [0.15, 0.2) is 0 Å². The Hall–Kier alpha value is -1.70. The van der Waals surface area contributed by atoms with Crippen LogP contribution < -0.4 is 4.74 Å². The second-order valence-electron chi connectivity index (χ2n) is 10.4. The van der Waals surface area contributed by atoms with Gasteiger partial charge in [0.05, 0.1) is 0 Å². The predicted octanol–water partition coefficient (Wildman–Crippen LogP) is 9.25. The van der Waals surface area contributed by atoms with Gasteiger partial charge in [0.1, 0.15) is 5.75 Å². The molecule has 0 atom stereocenters. The molecule has 0 unspecified atom stereocenters. The summed E-state index contributed by atoms with van der Waals surface area (Å²) in [7, 11) is 0. The van der Waals surface area contributed by atoms with Gasteiger partial charge in [-0.05, 0) is 80.5 Å². The lowest BCUT2D eigenvalue weighted by molar-refractivity contribution is -0.253. The van der Waals surface area contributed by atoms with Crippen LogP contribution in [0.15, 0.2) is 24.3 Å². The Kier molecular flexibility index (Phi) is 10.6. The Bertz CT molecular complexity index is 764. The molecule has 2 saturated carbocycles. The van der Waals surface area contributed by atoms with E-state index in [4.69, 9.17) is 0 Å². The molecule has 0 heterocycles. The number of unbranched alkanes of at least 4 members (excludes halogenated alkanes) is 4. The highest BCUT2D eigenvalue weighted by Gasteiger charge is 2.43. The SMILES string of the molecule is CCCCCCC[C@H]1CC[C@H](C2CCC(C#Cc3ccc(OC(F)(F)C(F)F)cc3)CC2)CC1. The Morgan fingerprint density at radius 3 is 2.03 bits per heavy atom. The summed E-state index contributed by atoms with van der Waals surface area (Å²) in [5.41, 5.74) is 0.683. The highest BCUT2D eigenvalue weighted by atomic mass is 19.3. The van der Waals surface area contributed by atoms with Crippen LogP contribution >= 0.6 is 0 Å². The number of benzene rings is 1. The van der Waals surface area contributed by atoms with E-state index < -0.39 is 12.5 Å². The van der Waals surface area contributed by atoms with E-state index in [9.17, 15) is 17.6 Å². The van der Waals surface area contributed by atoms with E-state index in [1.165, 1.54) is 101 Å². The standard InChI is InChI=1S/C29H40F4O/c1-2-3-4-5-6-7-22-10-16-25(17-11-22)26-18-12-23(13-19-26)8-9-24-14-20-27(21-15-24)34-29(32,33)28(30)31/h14-15,20-23,25-26,28H,2-7,10-13,16-19H2,1H3/t22-,23?,25-,26?. The number of alkyl halides is 4.